The lowest BCUT2D eigenvalue weighted by atomic mass is 10.1. The van der Waals surface area contributed by atoms with Crippen LogP contribution in [0.1, 0.15) is 52.5 Å². The normalized spacial score (nSPS) is 14.2. The Kier molecular flexibility index (Phi) is 8.23. The molecule has 1 N–H and O–H groups in total. The van der Waals surface area contributed by atoms with Gasteiger partial charge in [0.2, 0.25) is 0 Å². The molecule has 1 fully saturated rings. The van der Waals surface area contributed by atoms with Gasteiger partial charge in [0.25, 0.3) is 11.8 Å². The largest absolute Gasteiger partial charge is 0.437 e. The van der Waals surface area contributed by atoms with Gasteiger partial charge >= 0.3 is 6.18 Å². The van der Waals surface area contributed by atoms with E-state index in [9.17, 15) is 22.8 Å². The summed E-state index contributed by atoms with van der Waals surface area (Å²) >= 11 is 0. The number of piperazine rings is 1. The molecule has 1 aliphatic rings. The fourth-order valence-corrected chi connectivity index (χ4v) is 4.05. The number of halogens is 3. The van der Waals surface area contributed by atoms with Gasteiger partial charge in [0.1, 0.15) is 0 Å². The van der Waals surface area contributed by atoms with E-state index in [0.29, 0.717) is 36.9 Å². The number of carbonyl (C=O) groups excluding carboxylic acids is 2. The molecule has 0 unspecified atom stereocenters. The summed E-state index contributed by atoms with van der Waals surface area (Å²) in [5.74, 6) is -0.101. The molecular formula is C25H29F3N8O2. The second-order valence-corrected chi connectivity index (χ2v) is 9.42. The summed E-state index contributed by atoms with van der Waals surface area (Å²) in [5.41, 5.74) is -0.984. The van der Waals surface area contributed by atoms with Crippen molar-refractivity contribution in [2.45, 2.75) is 33.0 Å². The molecule has 3 heterocycles. The van der Waals surface area contributed by atoms with Crippen molar-refractivity contribution in [2.75, 3.05) is 37.6 Å². The van der Waals surface area contributed by atoms with Crippen LogP contribution in [0, 0.1) is 5.92 Å². The first-order chi connectivity index (χ1) is 18.1. The summed E-state index contributed by atoms with van der Waals surface area (Å²) in [6.45, 7) is 5.68. The van der Waals surface area contributed by atoms with Crippen molar-refractivity contribution >= 4 is 17.6 Å². The van der Waals surface area contributed by atoms with Gasteiger partial charge in [0, 0.05) is 32.7 Å². The van der Waals surface area contributed by atoms with Gasteiger partial charge in [-0.05, 0) is 30.0 Å². The van der Waals surface area contributed by atoms with Gasteiger partial charge in [-0.2, -0.15) is 13.2 Å². The second-order valence-electron chi connectivity index (χ2n) is 9.42. The average Bonchev–Trinajstić information content (AvgIpc) is 3.33. The number of hydrogen-bond acceptors (Lipinski definition) is 7. The van der Waals surface area contributed by atoms with Crippen molar-refractivity contribution in [1.29, 1.82) is 0 Å². The molecule has 0 saturated carbocycles. The van der Waals surface area contributed by atoms with Gasteiger partial charge in [0.05, 0.1) is 6.54 Å². The van der Waals surface area contributed by atoms with E-state index in [1.807, 2.05) is 4.90 Å². The molecule has 1 saturated heterocycles. The zero-order chi connectivity index (χ0) is 27.3. The number of anilines is 1. The molecule has 4 rings (SSSR count). The average molecular weight is 531 g/mol. The molecule has 0 radical (unpaired) electrons. The zero-order valence-corrected chi connectivity index (χ0v) is 21.1. The van der Waals surface area contributed by atoms with Crippen LogP contribution in [0.15, 0.2) is 42.5 Å². The first-order valence-electron chi connectivity index (χ1n) is 12.3. The quantitative estimate of drug-likeness (QED) is 0.477. The molecular weight excluding hydrogens is 501 g/mol. The van der Waals surface area contributed by atoms with E-state index in [1.54, 1.807) is 42.5 Å². The highest BCUT2D eigenvalue weighted by Crippen LogP contribution is 2.31. The first kappa shape index (κ1) is 27.0. The molecule has 3 aromatic rings. The van der Waals surface area contributed by atoms with Crippen LogP contribution >= 0.6 is 0 Å². The molecule has 13 heteroatoms. The van der Waals surface area contributed by atoms with Crippen molar-refractivity contribution in [3.8, 4) is 0 Å². The molecule has 38 heavy (non-hydrogen) atoms. The third-order valence-corrected chi connectivity index (χ3v) is 6.16. The number of alkyl halides is 3. The van der Waals surface area contributed by atoms with Crippen LogP contribution < -0.4 is 10.2 Å². The number of benzene rings is 1. The van der Waals surface area contributed by atoms with E-state index in [-0.39, 0.29) is 31.2 Å². The lowest BCUT2D eigenvalue weighted by Crippen LogP contribution is -2.49. The Morgan fingerprint density at radius 1 is 0.974 bits per heavy atom. The monoisotopic (exact) mass is 530 g/mol. The molecule has 1 aliphatic heterocycles. The molecule has 0 spiro atoms. The van der Waals surface area contributed by atoms with Crippen molar-refractivity contribution in [3.05, 3.63) is 65.1 Å². The van der Waals surface area contributed by atoms with Gasteiger partial charge in [-0.3, -0.25) is 9.59 Å². The number of rotatable bonds is 8. The first-order valence-corrected chi connectivity index (χ1v) is 12.3. The highest BCUT2D eigenvalue weighted by Gasteiger charge is 2.42. The lowest BCUT2D eigenvalue weighted by Gasteiger charge is -2.35. The van der Waals surface area contributed by atoms with Crippen LogP contribution in [0.4, 0.5) is 19.0 Å². The maximum Gasteiger partial charge on any atom is 0.437 e. The van der Waals surface area contributed by atoms with E-state index < -0.39 is 23.5 Å². The highest BCUT2D eigenvalue weighted by atomic mass is 19.4. The molecule has 0 aliphatic carbocycles. The number of amides is 2. The highest BCUT2D eigenvalue weighted by molar-refractivity contribution is 5.94. The SMILES string of the molecule is CC(C)CCNC(=O)c1ccc(N2CCN(C(=O)c3c(C(F)(F)F)nnn3Cc3ccccc3)CC2)nn1. The molecule has 10 nitrogen and oxygen atoms in total. The minimum atomic E-state index is -4.82. The number of hydrogen-bond donors (Lipinski definition) is 1. The summed E-state index contributed by atoms with van der Waals surface area (Å²) in [5, 5.41) is 17.9. The predicted octanol–water partition coefficient (Wildman–Crippen LogP) is 2.87. The summed E-state index contributed by atoms with van der Waals surface area (Å²) in [6.07, 6.45) is -3.96. The fourth-order valence-electron chi connectivity index (χ4n) is 4.05. The fraction of sp³-hybridized carbons (Fsp3) is 0.440. The van der Waals surface area contributed by atoms with E-state index >= 15 is 0 Å². The standard InChI is InChI=1S/C25H29F3N8O2/c1-17(2)10-11-29-23(37)19-8-9-20(31-30-19)34-12-14-35(15-13-34)24(38)21-22(25(26,27)28)32-33-36(21)16-18-6-4-3-5-7-18/h3-9,17H,10-16H2,1-2H3,(H,29,37). The third kappa shape index (κ3) is 6.45. The van der Waals surface area contributed by atoms with Gasteiger partial charge in [-0.25, -0.2) is 4.68 Å². The maximum absolute atomic E-state index is 13.7. The summed E-state index contributed by atoms with van der Waals surface area (Å²) in [4.78, 5) is 28.7. The molecule has 1 aromatic carbocycles. The van der Waals surface area contributed by atoms with E-state index in [0.717, 1.165) is 11.1 Å². The summed E-state index contributed by atoms with van der Waals surface area (Å²) in [7, 11) is 0. The third-order valence-electron chi connectivity index (χ3n) is 6.16. The molecule has 0 atom stereocenters. The maximum atomic E-state index is 13.7. The van der Waals surface area contributed by atoms with Crippen LogP contribution in [-0.4, -0.2) is 74.6 Å². The van der Waals surface area contributed by atoms with Gasteiger partial charge in [0.15, 0.2) is 22.9 Å². The molecule has 2 aromatic heterocycles. The van der Waals surface area contributed by atoms with Crippen LogP contribution in [0.3, 0.4) is 0 Å². The Balaban J connectivity index is 1.41. The minimum Gasteiger partial charge on any atom is -0.352 e. The zero-order valence-electron chi connectivity index (χ0n) is 21.1. The Bertz CT molecular complexity index is 1240. The number of carbonyl (C=O) groups is 2. The van der Waals surface area contributed by atoms with Crippen LogP contribution in [0.5, 0.6) is 0 Å². The smallest absolute Gasteiger partial charge is 0.352 e. The lowest BCUT2D eigenvalue weighted by molar-refractivity contribution is -0.141. The summed E-state index contributed by atoms with van der Waals surface area (Å²) in [6, 6.07) is 12.0. The van der Waals surface area contributed by atoms with Crippen molar-refractivity contribution < 1.29 is 22.8 Å². The minimum absolute atomic E-state index is 0.0159. The predicted molar refractivity (Wildman–Crippen MR) is 133 cm³/mol. The van der Waals surface area contributed by atoms with Crippen molar-refractivity contribution in [1.82, 2.24) is 35.4 Å². The number of aromatic nitrogens is 5. The van der Waals surface area contributed by atoms with Gasteiger partial charge < -0.3 is 15.1 Å². The van der Waals surface area contributed by atoms with Crippen LogP contribution in [0.2, 0.25) is 0 Å². The van der Waals surface area contributed by atoms with E-state index in [2.05, 4.69) is 39.7 Å². The number of nitrogens with zero attached hydrogens (tertiary/aromatic N) is 7. The Labute approximate surface area is 217 Å². The Hall–Kier alpha value is -4.03. The van der Waals surface area contributed by atoms with Crippen molar-refractivity contribution in [2.24, 2.45) is 5.92 Å². The Morgan fingerprint density at radius 2 is 1.68 bits per heavy atom. The Morgan fingerprint density at radius 3 is 2.29 bits per heavy atom. The number of nitrogens with one attached hydrogen (secondary N) is 1. The molecule has 202 valence electrons. The second kappa shape index (κ2) is 11.6. The summed E-state index contributed by atoms with van der Waals surface area (Å²) < 4.78 is 42.0. The topological polar surface area (TPSA) is 109 Å². The van der Waals surface area contributed by atoms with Crippen LogP contribution in [0.25, 0.3) is 0 Å². The van der Waals surface area contributed by atoms with Gasteiger partial charge in [-0.1, -0.05) is 49.4 Å². The van der Waals surface area contributed by atoms with E-state index in [4.69, 9.17) is 0 Å². The van der Waals surface area contributed by atoms with Gasteiger partial charge in [-0.15, -0.1) is 15.3 Å². The van der Waals surface area contributed by atoms with E-state index in [1.165, 1.54) is 4.90 Å². The van der Waals surface area contributed by atoms with Crippen molar-refractivity contribution in [3.63, 3.8) is 0 Å². The molecule has 0 bridgehead atoms. The van der Waals surface area contributed by atoms with Crippen LogP contribution in [-0.2, 0) is 12.7 Å². The molecule has 2 amide bonds.